The molecule has 1 unspecified atom stereocenters. The summed E-state index contributed by atoms with van der Waals surface area (Å²) in [5, 5.41) is 9.85. The Morgan fingerprint density at radius 2 is 1.74 bits per heavy atom. The molecule has 0 aromatic rings. The molecule has 1 N–H and O–H groups in total. The van der Waals surface area contributed by atoms with Crippen LogP contribution in [0.4, 0.5) is 0 Å². The molecule has 3 heterocycles. The van der Waals surface area contributed by atoms with Gasteiger partial charge in [0.1, 0.15) is 12.1 Å². The third kappa shape index (κ3) is 3.09. The van der Waals surface area contributed by atoms with Gasteiger partial charge < -0.3 is 10.0 Å². The molecule has 6 heteroatoms. The lowest BCUT2D eigenvalue weighted by Gasteiger charge is -2.31. The third-order valence-electron chi connectivity index (χ3n) is 8.21. The number of carbonyl (C=O) groups excluding carboxylic acids is 1. The molecule has 5 aliphatic rings. The summed E-state index contributed by atoms with van der Waals surface area (Å²) in [7, 11) is 2.09. The van der Waals surface area contributed by atoms with Crippen LogP contribution in [-0.2, 0) is 9.59 Å². The minimum Gasteiger partial charge on any atom is -0.480 e. The van der Waals surface area contributed by atoms with Gasteiger partial charge in [0.05, 0.1) is 0 Å². The first kappa shape index (κ1) is 17.9. The van der Waals surface area contributed by atoms with Gasteiger partial charge in [-0.2, -0.15) is 0 Å². The second kappa shape index (κ2) is 6.45. The lowest BCUT2D eigenvalue weighted by Crippen LogP contribution is -2.46. The predicted molar refractivity (Wildman–Crippen MR) is 101 cm³/mol. The van der Waals surface area contributed by atoms with Crippen molar-refractivity contribution in [3.8, 4) is 0 Å². The van der Waals surface area contributed by atoms with Gasteiger partial charge in [0.25, 0.3) is 0 Å². The Bertz CT molecular complexity index is 630. The molecule has 0 radical (unpaired) electrons. The van der Waals surface area contributed by atoms with Crippen LogP contribution in [0, 0.1) is 17.3 Å². The van der Waals surface area contributed by atoms with E-state index in [9.17, 15) is 14.7 Å². The number of hydrogen-bond acceptors (Lipinski definition) is 4. The van der Waals surface area contributed by atoms with Crippen LogP contribution >= 0.6 is 0 Å². The first-order chi connectivity index (χ1) is 13.0. The molecule has 6 nitrogen and oxygen atoms in total. The minimum atomic E-state index is -0.642. The molecule has 5 fully saturated rings. The van der Waals surface area contributed by atoms with Crippen LogP contribution in [-0.4, -0.2) is 83.0 Å². The van der Waals surface area contributed by atoms with E-state index in [2.05, 4.69) is 21.7 Å². The largest absolute Gasteiger partial charge is 0.480 e. The smallest absolute Gasteiger partial charge is 0.321 e. The average molecular weight is 376 g/mol. The summed E-state index contributed by atoms with van der Waals surface area (Å²) in [4.78, 5) is 31.6. The van der Waals surface area contributed by atoms with Gasteiger partial charge >= 0.3 is 5.97 Å². The van der Waals surface area contributed by atoms with Crippen LogP contribution in [0.1, 0.15) is 51.4 Å². The number of likely N-dealkylation sites (tertiary alicyclic amines) is 2. The fourth-order valence-corrected chi connectivity index (χ4v) is 6.49. The van der Waals surface area contributed by atoms with E-state index < -0.39 is 5.97 Å². The van der Waals surface area contributed by atoms with Gasteiger partial charge in [0.2, 0.25) is 5.91 Å². The number of hydrogen-bond donors (Lipinski definition) is 1. The fraction of sp³-hybridized carbons (Fsp3) is 0.905. The fourth-order valence-electron chi connectivity index (χ4n) is 6.49. The van der Waals surface area contributed by atoms with Crippen molar-refractivity contribution in [2.45, 2.75) is 69.5 Å². The number of carbonyl (C=O) groups is 2. The standard InChI is InChI=1S/C21H33N3O3/c1-22-16(15-6-7-15)18(22)19(25)24-11-9-21(13-24)8-10-23(12-21)17(20(26)27)14-4-2-3-5-14/h14-18H,2-13H2,1H3,(H,26,27)/t16-,17+,18-,21+,22?/m1/s1. The quantitative estimate of drug-likeness (QED) is 0.740. The Morgan fingerprint density at radius 3 is 2.41 bits per heavy atom. The van der Waals surface area contributed by atoms with Crippen molar-refractivity contribution in [3.63, 3.8) is 0 Å². The number of amides is 1. The SMILES string of the molecule is CN1[C@H](C2CC2)[C@@H]1C(=O)N1CC[C@]2(CCN([C@H](C(=O)O)C3CCCC3)C2)C1. The van der Waals surface area contributed by atoms with Crippen molar-refractivity contribution in [3.05, 3.63) is 0 Å². The van der Waals surface area contributed by atoms with E-state index in [1.165, 1.54) is 25.7 Å². The van der Waals surface area contributed by atoms with Crippen LogP contribution in [0.2, 0.25) is 0 Å². The topological polar surface area (TPSA) is 63.9 Å². The van der Waals surface area contributed by atoms with Crippen molar-refractivity contribution in [1.29, 1.82) is 0 Å². The van der Waals surface area contributed by atoms with E-state index in [0.717, 1.165) is 57.8 Å². The summed E-state index contributed by atoms with van der Waals surface area (Å²) in [5.41, 5.74) is 0.129. The zero-order valence-electron chi connectivity index (χ0n) is 16.5. The Hall–Kier alpha value is -1.14. The Morgan fingerprint density at radius 1 is 1.04 bits per heavy atom. The van der Waals surface area contributed by atoms with Gasteiger partial charge in [-0.3, -0.25) is 19.4 Å². The molecule has 2 saturated carbocycles. The molecule has 0 bridgehead atoms. The second-order valence-electron chi connectivity index (χ2n) is 10.00. The van der Waals surface area contributed by atoms with Crippen LogP contribution < -0.4 is 0 Å². The van der Waals surface area contributed by atoms with Gasteiger partial charge in [0.15, 0.2) is 0 Å². The van der Waals surface area contributed by atoms with Gasteiger partial charge in [0, 0.05) is 31.1 Å². The molecule has 3 saturated heterocycles. The van der Waals surface area contributed by atoms with Crippen LogP contribution in [0.25, 0.3) is 0 Å². The number of carboxylic acids is 1. The molecule has 2 aliphatic carbocycles. The first-order valence-corrected chi connectivity index (χ1v) is 11.0. The van der Waals surface area contributed by atoms with Crippen molar-refractivity contribution in [2.75, 3.05) is 33.2 Å². The van der Waals surface area contributed by atoms with Gasteiger partial charge in [-0.15, -0.1) is 0 Å². The van der Waals surface area contributed by atoms with E-state index in [-0.39, 0.29) is 17.5 Å². The summed E-state index contributed by atoms with van der Waals surface area (Å²) >= 11 is 0. The zero-order chi connectivity index (χ0) is 18.8. The highest BCUT2D eigenvalue weighted by molar-refractivity contribution is 5.86. The number of likely N-dealkylation sites (N-methyl/N-ethyl adjacent to an activating group) is 1. The molecule has 5 rings (SSSR count). The molecule has 3 aliphatic heterocycles. The Labute approximate surface area is 161 Å². The van der Waals surface area contributed by atoms with Crippen LogP contribution in [0.5, 0.6) is 0 Å². The summed E-state index contributed by atoms with van der Waals surface area (Å²) in [5.74, 6) is 0.758. The van der Waals surface area contributed by atoms with Gasteiger partial charge in [-0.1, -0.05) is 12.8 Å². The van der Waals surface area contributed by atoms with Crippen LogP contribution in [0.15, 0.2) is 0 Å². The van der Waals surface area contributed by atoms with Crippen molar-refractivity contribution >= 4 is 11.9 Å². The molecular formula is C21H33N3O3. The molecule has 5 atom stereocenters. The van der Waals surface area contributed by atoms with E-state index in [1.54, 1.807) is 0 Å². The maximum Gasteiger partial charge on any atom is 0.321 e. The third-order valence-corrected chi connectivity index (χ3v) is 8.21. The highest BCUT2D eigenvalue weighted by atomic mass is 16.4. The van der Waals surface area contributed by atoms with Crippen molar-refractivity contribution in [1.82, 2.24) is 14.7 Å². The lowest BCUT2D eigenvalue weighted by atomic mass is 9.86. The van der Waals surface area contributed by atoms with E-state index in [4.69, 9.17) is 0 Å². The van der Waals surface area contributed by atoms with E-state index >= 15 is 0 Å². The molecular weight excluding hydrogens is 342 g/mol. The highest BCUT2D eigenvalue weighted by Gasteiger charge is 2.59. The molecule has 1 amide bonds. The number of nitrogens with zero attached hydrogens (tertiary/aromatic N) is 3. The summed E-state index contributed by atoms with van der Waals surface area (Å²) in [6, 6.07) is 0.300. The molecule has 27 heavy (non-hydrogen) atoms. The van der Waals surface area contributed by atoms with Gasteiger partial charge in [-0.25, -0.2) is 0 Å². The highest BCUT2D eigenvalue weighted by Crippen LogP contribution is 2.48. The predicted octanol–water partition coefficient (Wildman–Crippen LogP) is 1.65. The molecule has 1 spiro atoms. The average Bonchev–Trinajstić information content (AvgIpc) is 3.36. The number of carboxylic acid groups (broad SMARTS) is 1. The molecule has 0 aromatic carbocycles. The maximum atomic E-state index is 13.0. The first-order valence-electron chi connectivity index (χ1n) is 11.0. The second-order valence-corrected chi connectivity index (χ2v) is 10.00. The number of aliphatic carboxylic acids is 1. The maximum absolute atomic E-state index is 13.0. The summed E-state index contributed by atoms with van der Waals surface area (Å²) in [6.07, 6.45) is 9.12. The Kier molecular flexibility index (Phi) is 4.28. The van der Waals surface area contributed by atoms with Crippen molar-refractivity contribution in [2.24, 2.45) is 17.3 Å². The summed E-state index contributed by atoms with van der Waals surface area (Å²) in [6.45, 7) is 3.43. The van der Waals surface area contributed by atoms with Crippen molar-refractivity contribution < 1.29 is 14.7 Å². The molecule has 0 aromatic heterocycles. The van der Waals surface area contributed by atoms with E-state index in [0.29, 0.717) is 17.9 Å². The zero-order valence-corrected chi connectivity index (χ0v) is 16.5. The Balaban J connectivity index is 1.22. The normalized spacial score (nSPS) is 40.8. The molecule has 150 valence electrons. The van der Waals surface area contributed by atoms with Gasteiger partial charge in [-0.05, 0) is 64.0 Å². The lowest BCUT2D eigenvalue weighted by molar-refractivity contribution is -0.145. The summed E-state index contributed by atoms with van der Waals surface area (Å²) < 4.78 is 0. The minimum absolute atomic E-state index is 0.121. The van der Waals surface area contributed by atoms with E-state index in [1.807, 2.05) is 0 Å². The monoisotopic (exact) mass is 375 g/mol. The number of rotatable bonds is 5. The van der Waals surface area contributed by atoms with Crippen LogP contribution in [0.3, 0.4) is 0 Å².